The lowest BCUT2D eigenvalue weighted by Gasteiger charge is -2.46. The molecular weight excluding hydrogens is 224 g/mol. The third-order valence-electron chi connectivity index (χ3n) is 3.24. The van der Waals surface area contributed by atoms with Crippen molar-refractivity contribution < 1.29 is 0 Å². The highest BCUT2D eigenvalue weighted by molar-refractivity contribution is 9.09. The predicted octanol–water partition coefficient (Wildman–Crippen LogP) is 4.62. The Morgan fingerprint density at radius 2 is 1.46 bits per heavy atom. The summed E-state index contributed by atoms with van der Waals surface area (Å²) in [6.45, 7) is 11.9. The van der Waals surface area contributed by atoms with Crippen LogP contribution in [0.3, 0.4) is 0 Å². The van der Waals surface area contributed by atoms with E-state index in [-0.39, 0.29) is 0 Å². The summed E-state index contributed by atoms with van der Waals surface area (Å²) < 4.78 is 0. The Labute approximate surface area is 91.6 Å². The molecule has 1 atom stereocenters. The largest absolute Gasteiger partial charge is 0.0891 e. The molecular formula is C12H23Br. The van der Waals surface area contributed by atoms with Crippen LogP contribution in [-0.2, 0) is 0 Å². The molecule has 0 aromatic heterocycles. The molecule has 0 heterocycles. The van der Waals surface area contributed by atoms with Gasteiger partial charge >= 0.3 is 0 Å². The van der Waals surface area contributed by atoms with E-state index in [0.717, 1.165) is 5.92 Å². The van der Waals surface area contributed by atoms with Gasteiger partial charge in [0.25, 0.3) is 0 Å². The smallest absolute Gasteiger partial charge is 0.0146 e. The van der Waals surface area contributed by atoms with Gasteiger partial charge in [-0.1, -0.05) is 50.5 Å². The summed E-state index contributed by atoms with van der Waals surface area (Å²) in [5, 5.41) is 0. The van der Waals surface area contributed by atoms with Crippen LogP contribution in [0.5, 0.6) is 0 Å². The zero-order valence-corrected chi connectivity index (χ0v) is 11.2. The third-order valence-corrected chi connectivity index (χ3v) is 3.98. The molecule has 1 aliphatic rings. The molecule has 1 saturated carbocycles. The zero-order valence-electron chi connectivity index (χ0n) is 9.65. The number of hydrogen-bond acceptors (Lipinski definition) is 0. The molecule has 78 valence electrons. The minimum absolute atomic E-state index is 0.536. The zero-order chi connectivity index (χ0) is 10.3. The van der Waals surface area contributed by atoms with Gasteiger partial charge in [-0.15, -0.1) is 0 Å². The van der Waals surface area contributed by atoms with Crippen molar-refractivity contribution in [1.82, 2.24) is 0 Å². The van der Waals surface area contributed by atoms with Crippen molar-refractivity contribution in [2.24, 2.45) is 16.7 Å². The van der Waals surface area contributed by atoms with Gasteiger partial charge < -0.3 is 0 Å². The normalized spacial score (nSPS) is 30.0. The highest BCUT2D eigenvalue weighted by Gasteiger charge is 2.39. The Balaban J connectivity index is 2.72. The molecule has 1 aliphatic carbocycles. The summed E-state index contributed by atoms with van der Waals surface area (Å²) in [7, 11) is 0. The van der Waals surface area contributed by atoms with Crippen LogP contribution in [0, 0.1) is 16.7 Å². The SMILES string of the molecule is CC(Br)C1CC(C)(C)CC(C)(C)C1. The van der Waals surface area contributed by atoms with Crippen molar-refractivity contribution >= 4 is 15.9 Å². The topological polar surface area (TPSA) is 0 Å². The van der Waals surface area contributed by atoms with E-state index in [9.17, 15) is 0 Å². The molecule has 0 aromatic rings. The van der Waals surface area contributed by atoms with E-state index in [1.165, 1.54) is 19.3 Å². The first kappa shape index (κ1) is 11.6. The van der Waals surface area contributed by atoms with Crippen LogP contribution < -0.4 is 0 Å². The molecule has 0 bridgehead atoms. The summed E-state index contributed by atoms with van der Waals surface area (Å²) in [6, 6.07) is 0. The van der Waals surface area contributed by atoms with Crippen molar-refractivity contribution in [2.45, 2.75) is 58.7 Å². The van der Waals surface area contributed by atoms with Gasteiger partial charge in [-0.05, 0) is 36.0 Å². The quantitative estimate of drug-likeness (QED) is 0.593. The van der Waals surface area contributed by atoms with Crippen LogP contribution in [0.2, 0.25) is 0 Å². The van der Waals surface area contributed by atoms with E-state index in [1.807, 2.05) is 0 Å². The maximum absolute atomic E-state index is 3.74. The second kappa shape index (κ2) is 3.56. The summed E-state index contributed by atoms with van der Waals surface area (Å²) in [5.41, 5.74) is 1.07. The highest BCUT2D eigenvalue weighted by atomic mass is 79.9. The summed E-state index contributed by atoms with van der Waals surface area (Å²) in [6.07, 6.45) is 4.13. The Morgan fingerprint density at radius 1 is 1.08 bits per heavy atom. The first-order chi connectivity index (χ1) is 5.72. The lowest BCUT2D eigenvalue weighted by molar-refractivity contribution is 0.0690. The van der Waals surface area contributed by atoms with E-state index in [1.54, 1.807) is 0 Å². The van der Waals surface area contributed by atoms with Crippen molar-refractivity contribution in [3.8, 4) is 0 Å². The van der Waals surface area contributed by atoms with Crippen LogP contribution in [0.4, 0.5) is 0 Å². The van der Waals surface area contributed by atoms with Crippen LogP contribution in [0.25, 0.3) is 0 Å². The molecule has 1 rings (SSSR count). The summed E-state index contributed by atoms with van der Waals surface area (Å²) in [5.74, 6) is 0.860. The number of halogens is 1. The maximum Gasteiger partial charge on any atom is 0.0146 e. The molecule has 1 heteroatoms. The van der Waals surface area contributed by atoms with E-state index in [2.05, 4.69) is 50.5 Å². The van der Waals surface area contributed by atoms with Gasteiger partial charge in [-0.2, -0.15) is 0 Å². The van der Waals surface area contributed by atoms with Gasteiger partial charge in [-0.3, -0.25) is 0 Å². The monoisotopic (exact) mass is 246 g/mol. The van der Waals surface area contributed by atoms with Crippen molar-refractivity contribution in [3.05, 3.63) is 0 Å². The lowest BCUT2D eigenvalue weighted by atomic mass is 9.61. The molecule has 1 unspecified atom stereocenters. The van der Waals surface area contributed by atoms with Crippen molar-refractivity contribution in [1.29, 1.82) is 0 Å². The molecule has 0 aromatic carbocycles. The predicted molar refractivity (Wildman–Crippen MR) is 63.3 cm³/mol. The van der Waals surface area contributed by atoms with Crippen molar-refractivity contribution in [2.75, 3.05) is 0 Å². The van der Waals surface area contributed by atoms with Gasteiger partial charge in [0.05, 0.1) is 0 Å². The fourth-order valence-electron chi connectivity index (χ4n) is 3.26. The second-order valence-electron chi connectivity index (χ2n) is 6.35. The van der Waals surface area contributed by atoms with Gasteiger partial charge in [-0.25, -0.2) is 0 Å². The van der Waals surface area contributed by atoms with Gasteiger partial charge in [0.1, 0.15) is 0 Å². The summed E-state index contributed by atoms with van der Waals surface area (Å²) >= 11 is 3.74. The molecule has 0 spiro atoms. The standard InChI is InChI=1S/C12H23Br/c1-9(13)10-6-11(2,3)8-12(4,5)7-10/h9-10H,6-8H2,1-5H3. The van der Waals surface area contributed by atoms with E-state index >= 15 is 0 Å². The molecule has 13 heavy (non-hydrogen) atoms. The third kappa shape index (κ3) is 3.27. The fraction of sp³-hybridized carbons (Fsp3) is 1.00. The average molecular weight is 247 g/mol. The fourth-order valence-corrected chi connectivity index (χ4v) is 3.63. The average Bonchev–Trinajstić information content (AvgIpc) is 1.79. The molecule has 0 aliphatic heterocycles. The van der Waals surface area contributed by atoms with Crippen molar-refractivity contribution in [3.63, 3.8) is 0 Å². The van der Waals surface area contributed by atoms with Gasteiger partial charge in [0, 0.05) is 4.83 Å². The van der Waals surface area contributed by atoms with Crippen LogP contribution in [0.1, 0.15) is 53.9 Å². The number of rotatable bonds is 1. The lowest BCUT2D eigenvalue weighted by Crippen LogP contribution is -2.36. The first-order valence-corrected chi connectivity index (χ1v) is 6.28. The van der Waals surface area contributed by atoms with Gasteiger partial charge in [0.15, 0.2) is 0 Å². The number of alkyl halides is 1. The Morgan fingerprint density at radius 3 is 1.77 bits per heavy atom. The Hall–Kier alpha value is 0.480. The van der Waals surface area contributed by atoms with E-state index in [0.29, 0.717) is 15.7 Å². The molecule has 0 N–H and O–H groups in total. The molecule has 1 fully saturated rings. The molecule has 0 amide bonds. The number of hydrogen-bond donors (Lipinski definition) is 0. The van der Waals surface area contributed by atoms with Crippen LogP contribution in [-0.4, -0.2) is 4.83 Å². The van der Waals surface area contributed by atoms with Crippen LogP contribution >= 0.6 is 15.9 Å². The Bertz CT molecular complexity index is 164. The minimum atomic E-state index is 0.536. The highest BCUT2D eigenvalue weighted by Crippen LogP contribution is 2.49. The minimum Gasteiger partial charge on any atom is -0.0891 e. The van der Waals surface area contributed by atoms with E-state index in [4.69, 9.17) is 0 Å². The first-order valence-electron chi connectivity index (χ1n) is 5.36. The molecule has 0 radical (unpaired) electrons. The maximum atomic E-state index is 3.74. The molecule has 0 saturated heterocycles. The molecule has 0 nitrogen and oxygen atoms in total. The van der Waals surface area contributed by atoms with Crippen LogP contribution in [0.15, 0.2) is 0 Å². The Kier molecular flexibility index (Phi) is 3.17. The summed E-state index contributed by atoms with van der Waals surface area (Å²) in [4.78, 5) is 0.673. The van der Waals surface area contributed by atoms with Gasteiger partial charge in [0.2, 0.25) is 0 Å². The van der Waals surface area contributed by atoms with E-state index < -0.39 is 0 Å². The second-order valence-corrected chi connectivity index (χ2v) is 7.80.